The van der Waals surface area contributed by atoms with E-state index in [4.69, 9.17) is 9.47 Å². The molecule has 0 aromatic carbocycles. The first kappa shape index (κ1) is 21.3. The van der Waals surface area contributed by atoms with E-state index in [0.29, 0.717) is 19.8 Å². The molecule has 0 radical (unpaired) electrons. The standard InChI is InChI=1S/C15H25ClF2O4/c1-3-5-9-20-12-13(21-10-6-4-2)8-7-11-22-14(19)15(16,17)18/h7-8,13H,3-6,9-12H2,1-2H3/b8-7+/t13-/m1/s1. The Labute approximate surface area is 135 Å². The largest absolute Gasteiger partial charge is 0.456 e. The zero-order valence-electron chi connectivity index (χ0n) is 13.2. The Hall–Kier alpha value is -0.720. The van der Waals surface area contributed by atoms with Crippen LogP contribution in [0.25, 0.3) is 0 Å². The molecule has 0 amide bonds. The third-order valence-corrected chi connectivity index (χ3v) is 2.80. The Morgan fingerprint density at radius 1 is 1.23 bits per heavy atom. The predicted octanol–water partition coefficient (Wildman–Crippen LogP) is 3.92. The lowest BCUT2D eigenvalue weighted by atomic mass is 10.3. The second kappa shape index (κ2) is 12.8. The van der Waals surface area contributed by atoms with Gasteiger partial charge in [-0.1, -0.05) is 32.8 Å². The van der Waals surface area contributed by atoms with Crippen molar-refractivity contribution in [3.63, 3.8) is 0 Å². The van der Waals surface area contributed by atoms with Gasteiger partial charge in [-0.2, -0.15) is 8.78 Å². The topological polar surface area (TPSA) is 44.8 Å². The minimum absolute atomic E-state index is 0.288. The summed E-state index contributed by atoms with van der Waals surface area (Å²) in [5, 5.41) is -3.99. The van der Waals surface area contributed by atoms with Crippen molar-refractivity contribution < 1.29 is 27.8 Å². The molecule has 0 saturated heterocycles. The molecule has 0 saturated carbocycles. The van der Waals surface area contributed by atoms with Crippen LogP contribution >= 0.6 is 11.6 Å². The summed E-state index contributed by atoms with van der Waals surface area (Å²) in [6, 6.07) is 0. The molecule has 130 valence electrons. The minimum Gasteiger partial charge on any atom is -0.456 e. The number of rotatable bonds is 13. The Morgan fingerprint density at radius 2 is 1.86 bits per heavy atom. The molecule has 0 spiro atoms. The van der Waals surface area contributed by atoms with E-state index in [1.807, 2.05) is 0 Å². The van der Waals surface area contributed by atoms with Gasteiger partial charge in [-0.15, -0.1) is 0 Å². The zero-order chi connectivity index (χ0) is 16.8. The fraction of sp³-hybridized carbons (Fsp3) is 0.800. The summed E-state index contributed by atoms with van der Waals surface area (Å²) >= 11 is 4.53. The van der Waals surface area contributed by atoms with Crippen LogP contribution < -0.4 is 0 Å². The molecule has 0 fully saturated rings. The molecule has 7 heteroatoms. The van der Waals surface area contributed by atoms with Gasteiger partial charge in [-0.05, 0) is 30.5 Å². The SMILES string of the molecule is CCCCOC[C@@H](/C=C/COC(=O)C(F)(F)Cl)OCCCC. The first-order chi connectivity index (χ1) is 10.4. The highest BCUT2D eigenvalue weighted by Crippen LogP contribution is 2.20. The summed E-state index contributed by atoms with van der Waals surface area (Å²) in [5.41, 5.74) is 0. The number of ether oxygens (including phenoxy) is 3. The van der Waals surface area contributed by atoms with Gasteiger partial charge in [-0.3, -0.25) is 0 Å². The van der Waals surface area contributed by atoms with Gasteiger partial charge in [0.05, 0.1) is 12.7 Å². The van der Waals surface area contributed by atoms with Crippen molar-refractivity contribution in [3.05, 3.63) is 12.2 Å². The van der Waals surface area contributed by atoms with Crippen LogP contribution in [0.1, 0.15) is 39.5 Å². The molecule has 0 aliphatic carbocycles. The summed E-state index contributed by atoms with van der Waals surface area (Å²) in [7, 11) is 0. The average molecular weight is 343 g/mol. The Bertz CT molecular complexity index is 319. The number of hydrogen-bond acceptors (Lipinski definition) is 4. The lowest BCUT2D eigenvalue weighted by Crippen LogP contribution is -2.24. The number of carbonyl (C=O) groups is 1. The highest BCUT2D eigenvalue weighted by Gasteiger charge is 2.37. The van der Waals surface area contributed by atoms with Gasteiger partial charge in [0.25, 0.3) is 0 Å². The van der Waals surface area contributed by atoms with Crippen LogP contribution in [-0.4, -0.2) is 43.9 Å². The van der Waals surface area contributed by atoms with Crippen molar-refractivity contribution in [2.24, 2.45) is 0 Å². The lowest BCUT2D eigenvalue weighted by Gasteiger charge is -2.14. The van der Waals surface area contributed by atoms with Gasteiger partial charge in [-0.25, -0.2) is 4.79 Å². The van der Waals surface area contributed by atoms with Crippen LogP contribution in [0.3, 0.4) is 0 Å². The smallest absolute Gasteiger partial charge is 0.417 e. The molecule has 22 heavy (non-hydrogen) atoms. The molecule has 0 aromatic rings. The third kappa shape index (κ3) is 11.9. The van der Waals surface area contributed by atoms with Crippen molar-refractivity contribution in [2.75, 3.05) is 26.4 Å². The molecule has 0 bridgehead atoms. The van der Waals surface area contributed by atoms with Crippen molar-refractivity contribution in [1.29, 1.82) is 0 Å². The van der Waals surface area contributed by atoms with Gasteiger partial charge in [0, 0.05) is 13.2 Å². The molecule has 4 nitrogen and oxygen atoms in total. The quantitative estimate of drug-likeness (QED) is 0.220. The second-order valence-corrected chi connectivity index (χ2v) is 5.19. The molecular formula is C15H25ClF2O4. The van der Waals surface area contributed by atoms with E-state index in [9.17, 15) is 13.6 Å². The molecule has 0 aromatic heterocycles. The van der Waals surface area contributed by atoms with Crippen molar-refractivity contribution in [3.8, 4) is 0 Å². The van der Waals surface area contributed by atoms with E-state index < -0.39 is 11.4 Å². The molecule has 1 atom stereocenters. The minimum atomic E-state index is -3.99. The monoisotopic (exact) mass is 342 g/mol. The van der Waals surface area contributed by atoms with E-state index in [-0.39, 0.29) is 12.7 Å². The molecular weight excluding hydrogens is 318 g/mol. The maximum Gasteiger partial charge on any atom is 0.417 e. The highest BCUT2D eigenvalue weighted by molar-refractivity contribution is 6.31. The third-order valence-electron chi connectivity index (χ3n) is 2.65. The Kier molecular flexibility index (Phi) is 12.4. The number of alkyl halides is 3. The zero-order valence-corrected chi connectivity index (χ0v) is 13.9. The molecule has 0 unspecified atom stereocenters. The van der Waals surface area contributed by atoms with Gasteiger partial charge >= 0.3 is 11.4 Å². The van der Waals surface area contributed by atoms with Crippen LogP contribution in [0.2, 0.25) is 0 Å². The maximum absolute atomic E-state index is 12.4. The summed E-state index contributed by atoms with van der Waals surface area (Å²) in [4.78, 5) is 10.8. The normalized spacial score (nSPS) is 13.5. The highest BCUT2D eigenvalue weighted by atomic mass is 35.5. The van der Waals surface area contributed by atoms with E-state index in [1.54, 1.807) is 6.08 Å². The van der Waals surface area contributed by atoms with Crippen molar-refractivity contribution in [2.45, 2.75) is 51.0 Å². The summed E-state index contributed by atoms with van der Waals surface area (Å²) in [6.07, 6.45) is 6.73. The van der Waals surface area contributed by atoms with Crippen LogP contribution in [-0.2, 0) is 19.0 Å². The Morgan fingerprint density at radius 3 is 2.45 bits per heavy atom. The number of unbranched alkanes of at least 4 members (excludes halogenated alkanes) is 2. The van der Waals surface area contributed by atoms with Crippen molar-refractivity contribution in [1.82, 2.24) is 0 Å². The van der Waals surface area contributed by atoms with Crippen LogP contribution in [0.15, 0.2) is 12.2 Å². The lowest BCUT2D eigenvalue weighted by molar-refractivity contribution is -0.159. The van der Waals surface area contributed by atoms with E-state index in [2.05, 4.69) is 30.2 Å². The fourth-order valence-electron chi connectivity index (χ4n) is 1.40. The first-order valence-electron chi connectivity index (χ1n) is 7.51. The molecule has 0 aliphatic rings. The average Bonchev–Trinajstić information content (AvgIpc) is 2.46. The van der Waals surface area contributed by atoms with Crippen LogP contribution in [0, 0.1) is 0 Å². The van der Waals surface area contributed by atoms with E-state index in [0.717, 1.165) is 25.7 Å². The summed E-state index contributed by atoms with van der Waals surface area (Å²) in [6.45, 7) is 5.44. The molecule has 0 rings (SSSR count). The Balaban J connectivity index is 4.12. The summed E-state index contributed by atoms with van der Waals surface area (Å²) in [5.74, 6) is -1.76. The molecule has 0 aliphatic heterocycles. The van der Waals surface area contributed by atoms with Crippen LogP contribution in [0.5, 0.6) is 0 Å². The number of carbonyl (C=O) groups excluding carboxylic acids is 1. The number of hydrogen-bond donors (Lipinski definition) is 0. The molecule has 0 heterocycles. The number of halogens is 3. The van der Waals surface area contributed by atoms with E-state index >= 15 is 0 Å². The number of esters is 1. The predicted molar refractivity (Wildman–Crippen MR) is 81.3 cm³/mol. The molecule has 0 N–H and O–H groups in total. The second-order valence-electron chi connectivity index (χ2n) is 4.72. The van der Waals surface area contributed by atoms with Gasteiger partial charge in [0.1, 0.15) is 6.61 Å². The fourth-order valence-corrected chi connectivity index (χ4v) is 1.45. The van der Waals surface area contributed by atoms with Crippen molar-refractivity contribution >= 4 is 17.6 Å². The van der Waals surface area contributed by atoms with Gasteiger partial charge in [0.2, 0.25) is 0 Å². The van der Waals surface area contributed by atoms with Crippen LogP contribution in [0.4, 0.5) is 8.78 Å². The maximum atomic E-state index is 12.4. The van der Waals surface area contributed by atoms with Gasteiger partial charge in [0.15, 0.2) is 0 Å². The first-order valence-corrected chi connectivity index (χ1v) is 7.89. The van der Waals surface area contributed by atoms with E-state index in [1.165, 1.54) is 6.08 Å². The van der Waals surface area contributed by atoms with Gasteiger partial charge < -0.3 is 14.2 Å². The summed E-state index contributed by atoms with van der Waals surface area (Å²) < 4.78 is 40.1.